The third kappa shape index (κ3) is 3.79. The number of rotatable bonds is 4. The molecule has 0 bridgehead atoms. The predicted molar refractivity (Wildman–Crippen MR) is 88.0 cm³/mol. The zero-order chi connectivity index (χ0) is 15.5. The number of nitrogens with zero attached hydrogens (tertiary/aromatic N) is 3. The number of aromatic nitrogens is 2. The first-order valence-corrected chi connectivity index (χ1v) is 9.09. The molecule has 0 saturated carbocycles. The third-order valence-electron chi connectivity index (χ3n) is 4.50. The molecule has 3 heterocycles. The van der Waals surface area contributed by atoms with Crippen LogP contribution in [-0.2, 0) is 4.79 Å². The summed E-state index contributed by atoms with van der Waals surface area (Å²) in [6.07, 6.45) is 4.90. The lowest BCUT2D eigenvalue weighted by Gasteiger charge is -2.32. The Labute approximate surface area is 136 Å². The first kappa shape index (κ1) is 15.7. The van der Waals surface area contributed by atoms with Gasteiger partial charge in [0.05, 0.1) is 5.75 Å². The number of piperidine rings is 1. The largest absolute Gasteiger partial charge is 0.351 e. The van der Waals surface area contributed by atoms with E-state index in [0.29, 0.717) is 23.0 Å². The van der Waals surface area contributed by atoms with Crippen molar-refractivity contribution in [3.8, 4) is 0 Å². The Balaban J connectivity index is 1.50. The van der Waals surface area contributed by atoms with E-state index in [-0.39, 0.29) is 5.91 Å². The van der Waals surface area contributed by atoms with Crippen LogP contribution in [0.5, 0.6) is 0 Å². The van der Waals surface area contributed by atoms with Crippen LogP contribution in [0.25, 0.3) is 0 Å². The molecule has 2 fully saturated rings. The lowest BCUT2D eigenvalue weighted by atomic mass is 9.99. The van der Waals surface area contributed by atoms with Gasteiger partial charge < -0.3 is 5.32 Å². The van der Waals surface area contributed by atoms with Crippen molar-refractivity contribution in [2.75, 3.05) is 18.8 Å². The Kier molecular flexibility index (Phi) is 4.98. The van der Waals surface area contributed by atoms with E-state index in [1.54, 1.807) is 0 Å². The van der Waals surface area contributed by atoms with Crippen LogP contribution in [0.2, 0.25) is 0 Å². The Morgan fingerprint density at radius 2 is 2.05 bits per heavy atom. The van der Waals surface area contributed by atoms with Crippen molar-refractivity contribution in [3.63, 3.8) is 0 Å². The molecule has 0 unspecified atom stereocenters. The Morgan fingerprint density at radius 3 is 2.82 bits per heavy atom. The van der Waals surface area contributed by atoms with Gasteiger partial charge in [-0.15, -0.1) is 0 Å². The van der Waals surface area contributed by atoms with Crippen LogP contribution in [0.15, 0.2) is 11.2 Å². The molecule has 1 aromatic heterocycles. The SMILES string of the molecule is Cc1cc(C)nc(SCC(=O)N[C@H]2CCN3CCCC[C@H]23)n1. The lowest BCUT2D eigenvalue weighted by molar-refractivity contribution is -0.119. The minimum absolute atomic E-state index is 0.102. The first-order chi connectivity index (χ1) is 10.6. The van der Waals surface area contributed by atoms with Crippen LogP contribution in [-0.4, -0.2) is 51.7 Å². The molecule has 1 amide bonds. The zero-order valence-corrected chi connectivity index (χ0v) is 14.2. The minimum atomic E-state index is 0.102. The summed E-state index contributed by atoms with van der Waals surface area (Å²) in [4.78, 5) is 23.5. The maximum atomic E-state index is 12.2. The van der Waals surface area contributed by atoms with Crippen LogP contribution in [0.3, 0.4) is 0 Å². The molecule has 0 radical (unpaired) electrons. The van der Waals surface area contributed by atoms with Gasteiger partial charge in [-0.05, 0) is 45.7 Å². The van der Waals surface area contributed by atoms with Gasteiger partial charge in [0.1, 0.15) is 0 Å². The predicted octanol–water partition coefficient (Wildman–Crippen LogP) is 1.93. The topological polar surface area (TPSA) is 58.1 Å². The van der Waals surface area contributed by atoms with E-state index >= 15 is 0 Å². The second-order valence-electron chi connectivity index (χ2n) is 6.28. The molecule has 6 heteroatoms. The summed E-state index contributed by atoms with van der Waals surface area (Å²) in [7, 11) is 0. The molecule has 1 N–H and O–H groups in total. The first-order valence-electron chi connectivity index (χ1n) is 8.10. The maximum Gasteiger partial charge on any atom is 0.230 e. The molecular weight excluding hydrogens is 296 g/mol. The Morgan fingerprint density at radius 1 is 1.27 bits per heavy atom. The zero-order valence-electron chi connectivity index (χ0n) is 13.3. The second kappa shape index (κ2) is 6.96. The molecule has 120 valence electrons. The molecule has 2 atom stereocenters. The van der Waals surface area contributed by atoms with Crippen LogP contribution in [0.1, 0.15) is 37.1 Å². The maximum absolute atomic E-state index is 12.2. The summed E-state index contributed by atoms with van der Waals surface area (Å²) in [6, 6.07) is 2.83. The fourth-order valence-electron chi connectivity index (χ4n) is 3.55. The summed E-state index contributed by atoms with van der Waals surface area (Å²) in [5, 5.41) is 3.91. The third-order valence-corrected chi connectivity index (χ3v) is 5.34. The van der Waals surface area contributed by atoms with E-state index < -0.39 is 0 Å². The van der Waals surface area contributed by atoms with Crippen molar-refractivity contribution in [1.82, 2.24) is 20.2 Å². The average Bonchev–Trinajstić information content (AvgIpc) is 2.88. The van der Waals surface area contributed by atoms with Crippen LogP contribution >= 0.6 is 11.8 Å². The number of fused-ring (bicyclic) bond motifs is 1. The summed E-state index contributed by atoms with van der Waals surface area (Å²) >= 11 is 1.42. The molecular formula is C16H24N4OS. The van der Waals surface area contributed by atoms with Crippen molar-refractivity contribution in [3.05, 3.63) is 17.5 Å². The van der Waals surface area contributed by atoms with Gasteiger partial charge in [-0.3, -0.25) is 9.69 Å². The number of hydrogen-bond donors (Lipinski definition) is 1. The van der Waals surface area contributed by atoms with Gasteiger partial charge in [0.2, 0.25) is 5.91 Å². The van der Waals surface area contributed by atoms with Gasteiger partial charge in [0.15, 0.2) is 5.16 Å². The molecule has 2 aliphatic heterocycles. The molecule has 1 aromatic rings. The van der Waals surface area contributed by atoms with Crippen LogP contribution < -0.4 is 5.32 Å². The van der Waals surface area contributed by atoms with E-state index in [9.17, 15) is 4.79 Å². The van der Waals surface area contributed by atoms with Crippen molar-refractivity contribution in [2.24, 2.45) is 0 Å². The lowest BCUT2D eigenvalue weighted by Crippen LogP contribution is -2.47. The van der Waals surface area contributed by atoms with Crippen molar-refractivity contribution in [1.29, 1.82) is 0 Å². The Bertz CT molecular complexity index is 531. The van der Waals surface area contributed by atoms with Crippen LogP contribution in [0, 0.1) is 13.8 Å². The summed E-state index contributed by atoms with van der Waals surface area (Å²) in [5.41, 5.74) is 1.90. The average molecular weight is 320 g/mol. The number of carbonyl (C=O) groups is 1. The number of aryl methyl sites for hydroxylation is 2. The van der Waals surface area contributed by atoms with Gasteiger partial charge in [-0.25, -0.2) is 9.97 Å². The van der Waals surface area contributed by atoms with Crippen molar-refractivity contribution >= 4 is 17.7 Å². The van der Waals surface area contributed by atoms with Gasteiger partial charge in [0.25, 0.3) is 0 Å². The monoisotopic (exact) mass is 320 g/mol. The number of thioether (sulfide) groups is 1. The number of nitrogens with one attached hydrogen (secondary N) is 1. The molecule has 0 aromatic carbocycles. The number of hydrogen-bond acceptors (Lipinski definition) is 5. The van der Waals surface area contributed by atoms with Gasteiger partial charge in [0, 0.05) is 30.0 Å². The molecule has 2 saturated heterocycles. The molecule has 0 aliphatic carbocycles. The smallest absolute Gasteiger partial charge is 0.230 e. The molecule has 0 spiro atoms. The van der Waals surface area contributed by atoms with E-state index in [1.165, 1.54) is 37.6 Å². The summed E-state index contributed by atoms with van der Waals surface area (Å²) in [5.74, 6) is 0.497. The number of amides is 1. The highest BCUT2D eigenvalue weighted by atomic mass is 32.2. The van der Waals surface area contributed by atoms with E-state index in [0.717, 1.165) is 24.4 Å². The fraction of sp³-hybridized carbons (Fsp3) is 0.688. The highest BCUT2D eigenvalue weighted by Gasteiger charge is 2.36. The standard InChI is InChI=1S/C16H24N4OS/c1-11-9-12(2)18-16(17-11)22-10-15(21)19-13-6-8-20-7-4-3-5-14(13)20/h9,13-14H,3-8,10H2,1-2H3,(H,19,21)/t13-,14+/m0/s1. The van der Waals surface area contributed by atoms with Crippen LogP contribution in [0.4, 0.5) is 0 Å². The van der Waals surface area contributed by atoms with Crippen molar-refractivity contribution < 1.29 is 4.79 Å². The number of carbonyl (C=O) groups excluding carboxylic acids is 1. The molecule has 3 rings (SSSR count). The normalized spacial score (nSPS) is 25.0. The van der Waals surface area contributed by atoms with E-state index in [2.05, 4.69) is 20.2 Å². The quantitative estimate of drug-likeness (QED) is 0.678. The van der Waals surface area contributed by atoms with E-state index in [4.69, 9.17) is 0 Å². The molecule has 22 heavy (non-hydrogen) atoms. The summed E-state index contributed by atoms with van der Waals surface area (Å²) in [6.45, 7) is 6.23. The second-order valence-corrected chi connectivity index (χ2v) is 7.23. The van der Waals surface area contributed by atoms with Gasteiger partial charge in [-0.2, -0.15) is 0 Å². The van der Waals surface area contributed by atoms with Gasteiger partial charge in [-0.1, -0.05) is 18.2 Å². The molecule has 2 aliphatic rings. The van der Waals surface area contributed by atoms with Gasteiger partial charge >= 0.3 is 0 Å². The highest BCUT2D eigenvalue weighted by molar-refractivity contribution is 7.99. The highest BCUT2D eigenvalue weighted by Crippen LogP contribution is 2.27. The van der Waals surface area contributed by atoms with E-state index in [1.807, 2.05) is 19.9 Å². The Hall–Kier alpha value is -1.14. The fourth-order valence-corrected chi connectivity index (χ4v) is 4.31. The van der Waals surface area contributed by atoms with Crippen molar-refractivity contribution in [2.45, 2.75) is 56.8 Å². The molecule has 5 nitrogen and oxygen atoms in total. The summed E-state index contributed by atoms with van der Waals surface area (Å²) < 4.78 is 0. The minimum Gasteiger partial charge on any atom is -0.351 e.